The Morgan fingerprint density at radius 1 is 0.912 bits per heavy atom. The van der Waals surface area contributed by atoms with E-state index in [0.717, 1.165) is 46.4 Å². The molecule has 0 unspecified atom stereocenters. The maximum absolute atomic E-state index is 9.55. The van der Waals surface area contributed by atoms with E-state index in [1.807, 2.05) is 38.4 Å². The summed E-state index contributed by atoms with van der Waals surface area (Å²) >= 11 is 0. The minimum Gasteiger partial charge on any atom is -0.378 e. The van der Waals surface area contributed by atoms with Gasteiger partial charge in [-0.25, -0.2) is 10.1 Å². The summed E-state index contributed by atoms with van der Waals surface area (Å²) in [6.07, 6.45) is 13.9. The van der Waals surface area contributed by atoms with Crippen LogP contribution in [-0.2, 0) is 0 Å². The molecule has 0 aromatic heterocycles. The minimum atomic E-state index is 0.161. The first-order valence-corrected chi connectivity index (χ1v) is 11.6. The Labute approximate surface area is 204 Å². The van der Waals surface area contributed by atoms with Crippen LogP contribution in [0.15, 0.2) is 95.3 Å². The molecule has 3 rings (SSSR count). The summed E-state index contributed by atoms with van der Waals surface area (Å²) in [5.41, 5.74) is 7.74. The van der Waals surface area contributed by atoms with Gasteiger partial charge in [0.05, 0.1) is 12.6 Å². The van der Waals surface area contributed by atoms with Gasteiger partial charge in [-0.15, -0.1) is 0 Å². The fourth-order valence-electron chi connectivity index (χ4n) is 3.93. The highest BCUT2D eigenvalue weighted by molar-refractivity contribution is 5.63. The van der Waals surface area contributed by atoms with Gasteiger partial charge in [0.25, 0.3) is 5.70 Å². The molecule has 3 heteroatoms. The van der Waals surface area contributed by atoms with Crippen molar-refractivity contribution in [2.45, 2.75) is 32.6 Å². The standard InChI is InChI=1S/C31H31N3/c1-23(2)26-16-12-24(13-17-26)8-6-10-27-18-19-28(31(27)30(22-32)33-3)11-7-9-25-14-20-29(21-15-25)34(4)5/h6-17,20-21,23H,18-19H2,1-2,4-5H3/b8-6?,9-7?,27-10?,28-11?,31-30+. The molecule has 0 bridgehead atoms. The molecule has 2 aromatic rings. The van der Waals surface area contributed by atoms with Gasteiger partial charge >= 0.3 is 0 Å². The number of nitriles is 1. The maximum Gasteiger partial charge on any atom is 0.269 e. The van der Waals surface area contributed by atoms with Gasteiger partial charge < -0.3 is 4.90 Å². The van der Waals surface area contributed by atoms with E-state index in [1.165, 1.54) is 5.56 Å². The number of benzene rings is 2. The van der Waals surface area contributed by atoms with Crippen LogP contribution in [0.3, 0.4) is 0 Å². The molecule has 0 heterocycles. The number of hydrogen-bond acceptors (Lipinski definition) is 2. The molecule has 1 aliphatic carbocycles. The normalized spacial score (nSPS) is 17.6. The first-order valence-electron chi connectivity index (χ1n) is 11.6. The Hall–Kier alpha value is -4.08. The van der Waals surface area contributed by atoms with Crippen LogP contribution in [0.25, 0.3) is 17.0 Å². The molecule has 3 nitrogen and oxygen atoms in total. The summed E-state index contributed by atoms with van der Waals surface area (Å²) < 4.78 is 0. The maximum atomic E-state index is 9.55. The average molecular weight is 446 g/mol. The first kappa shape index (κ1) is 24.6. The predicted octanol–water partition coefficient (Wildman–Crippen LogP) is 7.95. The number of nitrogens with zero attached hydrogens (tertiary/aromatic N) is 3. The monoisotopic (exact) mass is 445 g/mol. The lowest BCUT2D eigenvalue weighted by Gasteiger charge is -2.11. The zero-order valence-electron chi connectivity index (χ0n) is 20.4. The molecule has 1 aliphatic rings. The lowest BCUT2D eigenvalue weighted by atomic mass is 10.0. The van der Waals surface area contributed by atoms with Crippen LogP contribution < -0.4 is 4.90 Å². The van der Waals surface area contributed by atoms with Gasteiger partial charge in [-0.1, -0.05) is 86.7 Å². The fourth-order valence-corrected chi connectivity index (χ4v) is 3.93. The molecule has 0 spiro atoms. The molecular formula is C31H31N3. The second-order valence-corrected chi connectivity index (χ2v) is 8.86. The van der Waals surface area contributed by atoms with Crippen LogP contribution in [0.4, 0.5) is 5.69 Å². The summed E-state index contributed by atoms with van der Waals surface area (Å²) in [6.45, 7) is 11.9. The highest BCUT2D eigenvalue weighted by Crippen LogP contribution is 2.38. The van der Waals surface area contributed by atoms with E-state index in [2.05, 4.69) is 90.3 Å². The van der Waals surface area contributed by atoms with Gasteiger partial charge in [0, 0.05) is 19.8 Å². The predicted molar refractivity (Wildman–Crippen MR) is 144 cm³/mol. The molecule has 0 radical (unpaired) electrons. The van der Waals surface area contributed by atoms with Gasteiger partial charge in [-0.05, 0) is 64.3 Å². The van der Waals surface area contributed by atoms with Gasteiger partial charge in [-0.2, -0.15) is 0 Å². The third kappa shape index (κ3) is 6.25. The molecule has 0 saturated heterocycles. The Morgan fingerprint density at radius 3 is 1.82 bits per heavy atom. The van der Waals surface area contributed by atoms with Gasteiger partial charge in [-0.3, -0.25) is 0 Å². The van der Waals surface area contributed by atoms with Crippen molar-refractivity contribution in [1.82, 2.24) is 0 Å². The topological polar surface area (TPSA) is 31.4 Å². The molecule has 0 atom stereocenters. The molecular weight excluding hydrogens is 414 g/mol. The summed E-state index contributed by atoms with van der Waals surface area (Å²) in [6, 6.07) is 19.0. The SMILES string of the molecule is [C-]#[N+]/C(C#N)=C1\C(=CC=Cc2ccc(C(C)C)cc2)CCC1=CC=Cc1ccc(N(C)C)cc1. The van der Waals surface area contributed by atoms with E-state index in [4.69, 9.17) is 6.57 Å². The van der Waals surface area contributed by atoms with Crippen molar-refractivity contribution in [2.75, 3.05) is 19.0 Å². The van der Waals surface area contributed by atoms with Crippen LogP contribution in [0, 0.1) is 17.9 Å². The molecule has 0 N–H and O–H groups in total. The van der Waals surface area contributed by atoms with E-state index in [-0.39, 0.29) is 5.70 Å². The molecule has 0 amide bonds. The molecule has 1 saturated carbocycles. The molecule has 2 aromatic carbocycles. The quantitative estimate of drug-likeness (QED) is 0.334. The van der Waals surface area contributed by atoms with Crippen molar-refractivity contribution in [2.24, 2.45) is 0 Å². The number of rotatable bonds is 6. The van der Waals surface area contributed by atoms with E-state index in [1.54, 1.807) is 0 Å². The summed E-state index contributed by atoms with van der Waals surface area (Å²) in [4.78, 5) is 5.58. The Balaban J connectivity index is 1.81. The van der Waals surface area contributed by atoms with Gasteiger partial charge in [0.2, 0.25) is 0 Å². The van der Waals surface area contributed by atoms with Crippen molar-refractivity contribution >= 4 is 17.8 Å². The van der Waals surface area contributed by atoms with Crippen molar-refractivity contribution in [3.8, 4) is 6.07 Å². The summed E-state index contributed by atoms with van der Waals surface area (Å²) in [7, 11) is 4.05. The van der Waals surface area contributed by atoms with Crippen molar-refractivity contribution in [3.63, 3.8) is 0 Å². The largest absolute Gasteiger partial charge is 0.378 e. The third-order valence-electron chi connectivity index (χ3n) is 5.95. The van der Waals surface area contributed by atoms with E-state index in [9.17, 15) is 5.26 Å². The molecule has 0 aliphatic heterocycles. The summed E-state index contributed by atoms with van der Waals surface area (Å²) in [5.74, 6) is 0.515. The van der Waals surface area contributed by atoms with Crippen LogP contribution >= 0.6 is 0 Å². The highest BCUT2D eigenvalue weighted by atomic mass is 15.1. The lowest BCUT2D eigenvalue weighted by molar-refractivity contribution is 0.866. The summed E-state index contributed by atoms with van der Waals surface area (Å²) in [5, 5.41) is 9.55. The Morgan fingerprint density at radius 2 is 1.41 bits per heavy atom. The molecule has 34 heavy (non-hydrogen) atoms. The highest BCUT2D eigenvalue weighted by Gasteiger charge is 2.22. The fraction of sp³-hybridized carbons (Fsp3) is 0.226. The van der Waals surface area contributed by atoms with E-state index in [0.29, 0.717) is 5.92 Å². The van der Waals surface area contributed by atoms with Gasteiger partial charge in [0.15, 0.2) is 0 Å². The smallest absolute Gasteiger partial charge is 0.269 e. The number of allylic oxidation sites excluding steroid dienone is 8. The third-order valence-corrected chi connectivity index (χ3v) is 5.95. The van der Waals surface area contributed by atoms with Crippen LogP contribution in [-0.4, -0.2) is 14.1 Å². The van der Waals surface area contributed by atoms with Gasteiger partial charge in [0.1, 0.15) is 0 Å². The Kier molecular flexibility index (Phi) is 8.44. The van der Waals surface area contributed by atoms with E-state index < -0.39 is 0 Å². The van der Waals surface area contributed by atoms with Crippen LogP contribution in [0.5, 0.6) is 0 Å². The minimum absolute atomic E-state index is 0.161. The van der Waals surface area contributed by atoms with E-state index >= 15 is 0 Å². The number of anilines is 1. The first-order chi connectivity index (χ1) is 16.4. The average Bonchev–Trinajstić information content (AvgIpc) is 3.23. The van der Waals surface area contributed by atoms with Crippen molar-refractivity contribution < 1.29 is 0 Å². The number of hydrogen-bond donors (Lipinski definition) is 0. The zero-order chi connectivity index (χ0) is 24.5. The van der Waals surface area contributed by atoms with Crippen molar-refractivity contribution in [3.05, 3.63) is 123 Å². The van der Waals surface area contributed by atoms with Crippen LogP contribution in [0.1, 0.15) is 49.3 Å². The van der Waals surface area contributed by atoms with Crippen molar-refractivity contribution in [1.29, 1.82) is 5.26 Å². The lowest BCUT2D eigenvalue weighted by Crippen LogP contribution is -2.07. The van der Waals surface area contributed by atoms with Crippen LogP contribution in [0.2, 0.25) is 0 Å². The molecule has 1 fully saturated rings. The zero-order valence-corrected chi connectivity index (χ0v) is 20.4. The second kappa shape index (κ2) is 11.7. The Bertz CT molecular complexity index is 1140. The molecule has 170 valence electrons. The second-order valence-electron chi connectivity index (χ2n) is 8.86.